The molecule has 1 unspecified atom stereocenters. The van der Waals surface area contributed by atoms with Crippen LogP contribution in [0.3, 0.4) is 0 Å². The summed E-state index contributed by atoms with van der Waals surface area (Å²) in [7, 11) is 0. The molecular weight excluding hydrogens is 254 g/mol. The summed E-state index contributed by atoms with van der Waals surface area (Å²) in [5, 5.41) is 7.30. The second-order valence-corrected chi connectivity index (χ2v) is 6.47. The van der Waals surface area contributed by atoms with Crippen LogP contribution in [0.5, 0.6) is 0 Å². The zero-order chi connectivity index (χ0) is 14.0. The lowest BCUT2D eigenvalue weighted by atomic mass is 9.80. The van der Waals surface area contributed by atoms with E-state index in [-0.39, 0.29) is 5.41 Å². The van der Waals surface area contributed by atoms with Gasteiger partial charge < -0.3 is 0 Å². The molecule has 2 rings (SSSR count). The molecule has 1 aromatic heterocycles. The van der Waals surface area contributed by atoms with E-state index in [0.29, 0.717) is 10.7 Å². The minimum absolute atomic E-state index is 0.259. The summed E-state index contributed by atoms with van der Waals surface area (Å²) in [6.07, 6.45) is 0.908. The highest BCUT2D eigenvalue weighted by atomic mass is 32.1. The van der Waals surface area contributed by atoms with Gasteiger partial charge in [0.15, 0.2) is 4.77 Å². The predicted molar refractivity (Wildman–Crippen MR) is 81.1 cm³/mol. The Hall–Kier alpha value is -1.42. The second-order valence-electron chi connectivity index (χ2n) is 6.09. The van der Waals surface area contributed by atoms with Gasteiger partial charge in [-0.25, -0.2) is 0 Å². The molecule has 0 amide bonds. The molecule has 2 aromatic rings. The molecule has 0 fully saturated rings. The molecule has 0 aliphatic rings. The van der Waals surface area contributed by atoms with E-state index in [0.717, 1.165) is 17.9 Å². The van der Waals surface area contributed by atoms with Gasteiger partial charge >= 0.3 is 0 Å². The zero-order valence-electron chi connectivity index (χ0n) is 12.0. The summed E-state index contributed by atoms with van der Waals surface area (Å²) in [4.78, 5) is 0. The first-order valence-corrected chi connectivity index (χ1v) is 7.02. The molecular formula is C15H21N3S. The van der Waals surface area contributed by atoms with Crippen molar-refractivity contribution in [3.63, 3.8) is 0 Å². The van der Waals surface area contributed by atoms with Gasteiger partial charge in [0.1, 0.15) is 5.82 Å². The van der Waals surface area contributed by atoms with Crippen molar-refractivity contribution in [2.45, 2.75) is 34.1 Å². The lowest BCUT2D eigenvalue weighted by Crippen LogP contribution is -2.21. The smallest absolute Gasteiger partial charge is 0.199 e. The lowest BCUT2D eigenvalue weighted by Gasteiger charge is -2.26. The number of benzene rings is 1. The molecule has 0 saturated heterocycles. The molecule has 0 aliphatic heterocycles. The largest absolute Gasteiger partial charge is 0.272 e. The summed E-state index contributed by atoms with van der Waals surface area (Å²) in [5.41, 5.74) is 1.33. The highest BCUT2D eigenvalue weighted by molar-refractivity contribution is 7.71. The highest BCUT2D eigenvalue weighted by Crippen LogP contribution is 2.28. The van der Waals surface area contributed by atoms with Crippen LogP contribution in [0.4, 0.5) is 0 Å². The van der Waals surface area contributed by atoms with Crippen LogP contribution in [0.2, 0.25) is 0 Å². The fraction of sp³-hybridized carbons (Fsp3) is 0.467. The first kappa shape index (κ1) is 14.0. The number of aromatic amines is 1. The van der Waals surface area contributed by atoms with Crippen molar-refractivity contribution >= 4 is 12.2 Å². The number of H-pyrrole nitrogens is 1. The van der Waals surface area contributed by atoms with Crippen LogP contribution in [-0.2, 0) is 6.42 Å². The van der Waals surface area contributed by atoms with Crippen LogP contribution >= 0.6 is 12.2 Å². The average Bonchev–Trinajstić information content (AvgIpc) is 2.70. The highest BCUT2D eigenvalue weighted by Gasteiger charge is 2.22. The van der Waals surface area contributed by atoms with E-state index in [9.17, 15) is 0 Å². The third-order valence-electron chi connectivity index (χ3n) is 3.72. The van der Waals surface area contributed by atoms with Crippen molar-refractivity contribution in [3.05, 3.63) is 40.9 Å². The fourth-order valence-corrected chi connectivity index (χ4v) is 2.15. The first-order chi connectivity index (χ1) is 8.89. The topological polar surface area (TPSA) is 33.6 Å². The molecule has 3 nitrogen and oxygen atoms in total. The maximum Gasteiger partial charge on any atom is 0.199 e. The Balaban J connectivity index is 2.37. The van der Waals surface area contributed by atoms with E-state index < -0.39 is 0 Å². The summed E-state index contributed by atoms with van der Waals surface area (Å²) < 4.78 is 2.68. The van der Waals surface area contributed by atoms with Crippen molar-refractivity contribution in [2.24, 2.45) is 11.3 Å². The molecule has 1 heterocycles. The number of aromatic nitrogens is 3. The number of nitrogens with zero attached hydrogens (tertiary/aromatic N) is 2. The van der Waals surface area contributed by atoms with Crippen LogP contribution < -0.4 is 0 Å². The Kier molecular flexibility index (Phi) is 3.90. The Morgan fingerprint density at radius 3 is 2.47 bits per heavy atom. The van der Waals surface area contributed by atoms with Gasteiger partial charge in [-0.15, -0.1) is 0 Å². The summed E-state index contributed by atoms with van der Waals surface area (Å²) in [6, 6.07) is 10.1. The van der Waals surface area contributed by atoms with Crippen LogP contribution in [0, 0.1) is 16.1 Å². The Labute approximate surface area is 119 Å². The standard InChI is InChI=1S/C15H21N3S/c1-11(15(2,3)4)10-13-16-17-14(19)18(13)12-8-6-5-7-9-12/h5-9,11H,10H2,1-4H3,(H,17,19). The van der Waals surface area contributed by atoms with E-state index in [1.165, 1.54) is 0 Å². The zero-order valence-corrected chi connectivity index (χ0v) is 12.8. The molecule has 0 bridgehead atoms. The molecule has 0 saturated carbocycles. The number of para-hydroxylation sites is 1. The molecule has 19 heavy (non-hydrogen) atoms. The van der Waals surface area contributed by atoms with Gasteiger partial charge in [-0.3, -0.25) is 9.67 Å². The van der Waals surface area contributed by atoms with E-state index in [4.69, 9.17) is 12.2 Å². The molecule has 1 N–H and O–H groups in total. The monoisotopic (exact) mass is 275 g/mol. The van der Waals surface area contributed by atoms with Crippen LogP contribution in [0.1, 0.15) is 33.5 Å². The Bertz CT molecular complexity index is 590. The first-order valence-electron chi connectivity index (χ1n) is 6.61. The van der Waals surface area contributed by atoms with Crippen molar-refractivity contribution in [1.29, 1.82) is 0 Å². The second kappa shape index (κ2) is 5.29. The molecule has 0 radical (unpaired) electrons. The summed E-state index contributed by atoms with van der Waals surface area (Å²) >= 11 is 5.35. The van der Waals surface area contributed by atoms with E-state index in [2.05, 4.69) is 50.0 Å². The quantitative estimate of drug-likeness (QED) is 0.854. The molecule has 0 spiro atoms. The van der Waals surface area contributed by atoms with Crippen molar-refractivity contribution in [3.8, 4) is 5.69 Å². The predicted octanol–water partition coefficient (Wildman–Crippen LogP) is 4.15. The summed E-state index contributed by atoms with van der Waals surface area (Å²) in [5.74, 6) is 1.53. The molecule has 4 heteroatoms. The molecule has 0 aliphatic carbocycles. The third kappa shape index (κ3) is 3.13. The SMILES string of the molecule is CC(Cc1n[nH]c(=S)n1-c1ccccc1)C(C)(C)C. The van der Waals surface area contributed by atoms with E-state index in [1.54, 1.807) is 0 Å². The minimum Gasteiger partial charge on any atom is -0.272 e. The van der Waals surface area contributed by atoms with Crippen LogP contribution in [0.15, 0.2) is 30.3 Å². The number of nitrogens with one attached hydrogen (secondary N) is 1. The maximum absolute atomic E-state index is 5.35. The van der Waals surface area contributed by atoms with E-state index >= 15 is 0 Å². The van der Waals surface area contributed by atoms with Crippen LogP contribution in [-0.4, -0.2) is 14.8 Å². The van der Waals surface area contributed by atoms with Crippen molar-refractivity contribution in [2.75, 3.05) is 0 Å². The molecule has 1 atom stereocenters. The minimum atomic E-state index is 0.259. The number of rotatable bonds is 3. The number of hydrogen-bond donors (Lipinski definition) is 1. The summed E-state index contributed by atoms with van der Waals surface area (Å²) in [6.45, 7) is 9.02. The van der Waals surface area contributed by atoms with Gasteiger partial charge in [0, 0.05) is 12.1 Å². The van der Waals surface area contributed by atoms with Crippen molar-refractivity contribution in [1.82, 2.24) is 14.8 Å². The van der Waals surface area contributed by atoms with Gasteiger partial charge in [0.2, 0.25) is 0 Å². The average molecular weight is 275 g/mol. The van der Waals surface area contributed by atoms with Crippen LogP contribution in [0.25, 0.3) is 5.69 Å². The van der Waals surface area contributed by atoms with Gasteiger partial charge in [0.25, 0.3) is 0 Å². The number of hydrogen-bond acceptors (Lipinski definition) is 2. The van der Waals surface area contributed by atoms with Gasteiger partial charge in [0.05, 0.1) is 0 Å². The van der Waals surface area contributed by atoms with Gasteiger partial charge in [-0.05, 0) is 35.7 Å². The normalized spacial score (nSPS) is 13.5. The van der Waals surface area contributed by atoms with Gasteiger partial charge in [-0.1, -0.05) is 45.9 Å². The molecule has 1 aromatic carbocycles. The van der Waals surface area contributed by atoms with Crippen molar-refractivity contribution < 1.29 is 0 Å². The Morgan fingerprint density at radius 1 is 1.26 bits per heavy atom. The van der Waals surface area contributed by atoms with Gasteiger partial charge in [-0.2, -0.15) is 5.10 Å². The molecule has 102 valence electrons. The van der Waals surface area contributed by atoms with E-state index in [1.807, 2.05) is 22.8 Å². The lowest BCUT2D eigenvalue weighted by molar-refractivity contribution is 0.256. The maximum atomic E-state index is 5.35. The third-order valence-corrected chi connectivity index (χ3v) is 4.00. The Morgan fingerprint density at radius 2 is 1.89 bits per heavy atom. The fourth-order valence-electron chi connectivity index (χ4n) is 1.89.